The van der Waals surface area contributed by atoms with E-state index in [1.807, 2.05) is 6.07 Å². The van der Waals surface area contributed by atoms with E-state index in [2.05, 4.69) is 5.32 Å². The summed E-state index contributed by atoms with van der Waals surface area (Å²) in [6.07, 6.45) is 0.879. The summed E-state index contributed by atoms with van der Waals surface area (Å²) in [5, 5.41) is 23.9. The molecule has 36 heavy (non-hydrogen) atoms. The quantitative estimate of drug-likeness (QED) is 0.232. The number of aryl methyl sites for hydroxylation is 1. The number of sulfone groups is 1. The number of carbonyl (C=O) groups excluding carboxylic acids is 1. The molecule has 0 aliphatic rings. The molecule has 0 spiro atoms. The number of aromatic hydroxyl groups is 1. The first kappa shape index (κ1) is 29.6. The fourth-order valence-electron chi connectivity index (χ4n) is 3.51. The molecule has 3 rings (SSSR count). The van der Waals surface area contributed by atoms with E-state index in [1.54, 1.807) is 37.3 Å². The number of phenolic OH excluding ortho intramolecular Hbond substituents is 1. The molecule has 0 heterocycles. The van der Waals surface area contributed by atoms with Crippen molar-refractivity contribution in [2.45, 2.75) is 35.7 Å². The highest BCUT2D eigenvalue weighted by molar-refractivity contribution is 7.91. The lowest BCUT2D eigenvalue weighted by atomic mass is 10.1. The smallest absolute Gasteiger partial charge is 0.341 e. The molecule has 0 fully saturated rings. The highest BCUT2D eigenvalue weighted by Gasteiger charge is 2.22. The summed E-state index contributed by atoms with van der Waals surface area (Å²) < 4.78 is 30.9. The number of rotatable bonds is 11. The molecule has 0 aliphatic heterocycles. The summed E-state index contributed by atoms with van der Waals surface area (Å²) >= 11 is 5.95. The van der Waals surface area contributed by atoms with Gasteiger partial charge in [0.25, 0.3) is 0 Å². The number of aliphatic hydroxyl groups is 1. The average molecular weight is 554 g/mol. The number of aliphatic hydroxyl groups excluding tert-OH is 1. The van der Waals surface area contributed by atoms with Gasteiger partial charge in [0.05, 0.1) is 22.5 Å². The zero-order valence-corrected chi connectivity index (χ0v) is 22.1. The zero-order chi connectivity index (χ0) is 25.4. The maximum atomic E-state index is 13.0. The minimum atomic E-state index is -3.88. The third-order valence-electron chi connectivity index (χ3n) is 5.40. The number of hydrogen-bond acceptors (Lipinski definition) is 7. The molecule has 10 heteroatoms. The van der Waals surface area contributed by atoms with Crippen LogP contribution >= 0.6 is 24.0 Å². The molecule has 0 radical (unpaired) electrons. The highest BCUT2D eigenvalue weighted by atomic mass is 35.5. The van der Waals surface area contributed by atoms with Gasteiger partial charge in [-0.2, -0.15) is 0 Å². The highest BCUT2D eigenvalue weighted by Crippen LogP contribution is 2.27. The summed E-state index contributed by atoms with van der Waals surface area (Å²) in [4.78, 5) is 12.0. The van der Waals surface area contributed by atoms with Crippen molar-refractivity contribution in [1.82, 2.24) is 5.32 Å². The van der Waals surface area contributed by atoms with Gasteiger partial charge < -0.3 is 20.3 Å². The molecular formula is C26H29Cl2NO6S. The molecule has 0 saturated heterocycles. The van der Waals surface area contributed by atoms with Crippen LogP contribution in [0, 0.1) is 0 Å². The first-order chi connectivity index (χ1) is 16.7. The summed E-state index contributed by atoms with van der Waals surface area (Å²) in [5.41, 5.74) is 1.53. The van der Waals surface area contributed by atoms with Crippen molar-refractivity contribution in [3.8, 4) is 5.75 Å². The Bertz CT molecular complexity index is 1270. The monoisotopic (exact) mass is 553 g/mol. The van der Waals surface area contributed by atoms with Crippen LogP contribution in [0.4, 0.5) is 0 Å². The first-order valence-electron chi connectivity index (χ1n) is 11.2. The van der Waals surface area contributed by atoms with Gasteiger partial charge in [-0.05, 0) is 79.9 Å². The van der Waals surface area contributed by atoms with Crippen LogP contribution in [0.2, 0.25) is 5.02 Å². The van der Waals surface area contributed by atoms with E-state index in [0.29, 0.717) is 18.1 Å². The van der Waals surface area contributed by atoms with E-state index in [0.717, 1.165) is 30.0 Å². The van der Waals surface area contributed by atoms with Gasteiger partial charge in [-0.1, -0.05) is 35.9 Å². The average Bonchev–Trinajstić information content (AvgIpc) is 2.84. The van der Waals surface area contributed by atoms with Crippen LogP contribution in [-0.2, 0) is 21.0 Å². The summed E-state index contributed by atoms with van der Waals surface area (Å²) in [5.74, 6) is -1.13. The SMILES string of the molecule is CCOC(=O)c1cc(S(=O)(=O)c2ccc(CCCNC[C@@H](O)c3cccc(Cl)c3)cc2)ccc1O.Cl. The normalized spacial score (nSPS) is 12.0. The Morgan fingerprint density at radius 1 is 1.06 bits per heavy atom. The van der Waals surface area contributed by atoms with Gasteiger partial charge in [-0.15, -0.1) is 12.4 Å². The maximum absolute atomic E-state index is 13.0. The molecule has 0 bridgehead atoms. The second-order valence-corrected chi connectivity index (χ2v) is 10.3. The van der Waals surface area contributed by atoms with Gasteiger partial charge in [-0.25, -0.2) is 13.2 Å². The van der Waals surface area contributed by atoms with Gasteiger partial charge in [-0.3, -0.25) is 0 Å². The number of carbonyl (C=O) groups is 1. The third-order valence-corrected chi connectivity index (χ3v) is 7.40. The van der Waals surface area contributed by atoms with E-state index >= 15 is 0 Å². The Morgan fingerprint density at radius 3 is 2.42 bits per heavy atom. The van der Waals surface area contributed by atoms with Crippen molar-refractivity contribution in [3.63, 3.8) is 0 Å². The fourth-order valence-corrected chi connectivity index (χ4v) is 5.00. The Morgan fingerprint density at radius 2 is 1.75 bits per heavy atom. The van der Waals surface area contributed by atoms with Gasteiger partial charge in [0, 0.05) is 11.6 Å². The van der Waals surface area contributed by atoms with Crippen molar-refractivity contribution in [1.29, 1.82) is 0 Å². The van der Waals surface area contributed by atoms with Crippen LogP contribution in [0.3, 0.4) is 0 Å². The van der Waals surface area contributed by atoms with E-state index in [4.69, 9.17) is 16.3 Å². The Balaban J connectivity index is 0.00000456. The van der Waals surface area contributed by atoms with Crippen LogP contribution in [0.5, 0.6) is 5.75 Å². The Hall–Kier alpha value is -2.62. The minimum absolute atomic E-state index is 0. The van der Waals surface area contributed by atoms with Crippen molar-refractivity contribution in [3.05, 3.63) is 88.4 Å². The minimum Gasteiger partial charge on any atom is -0.507 e. The van der Waals surface area contributed by atoms with E-state index < -0.39 is 21.9 Å². The number of halogens is 2. The second-order valence-electron chi connectivity index (χ2n) is 7.93. The molecule has 7 nitrogen and oxygen atoms in total. The number of nitrogens with one attached hydrogen (secondary N) is 1. The number of ether oxygens (including phenoxy) is 1. The predicted molar refractivity (Wildman–Crippen MR) is 141 cm³/mol. The van der Waals surface area contributed by atoms with Crippen molar-refractivity contribution in [2.24, 2.45) is 0 Å². The van der Waals surface area contributed by atoms with Crippen LogP contribution in [-0.4, -0.2) is 44.3 Å². The molecule has 3 aromatic rings. The Labute approximate surface area is 222 Å². The number of esters is 1. The molecule has 0 amide bonds. The topological polar surface area (TPSA) is 113 Å². The van der Waals surface area contributed by atoms with Gasteiger partial charge in [0.2, 0.25) is 9.84 Å². The fraction of sp³-hybridized carbons (Fsp3) is 0.269. The predicted octanol–water partition coefficient (Wildman–Crippen LogP) is 4.73. The summed E-state index contributed by atoms with van der Waals surface area (Å²) in [7, 11) is -3.88. The zero-order valence-electron chi connectivity index (χ0n) is 19.7. The van der Waals surface area contributed by atoms with E-state index in [1.165, 1.54) is 24.3 Å². The van der Waals surface area contributed by atoms with Crippen LogP contribution in [0.25, 0.3) is 0 Å². The molecule has 1 atom stereocenters. The first-order valence-corrected chi connectivity index (χ1v) is 13.1. The largest absolute Gasteiger partial charge is 0.507 e. The molecule has 0 aliphatic carbocycles. The maximum Gasteiger partial charge on any atom is 0.341 e. The van der Waals surface area contributed by atoms with Crippen LogP contribution in [0.15, 0.2) is 76.5 Å². The molecule has 194 valence electrons. The van der Waals surface area contributed by atoms with Crippen LogP contribution < -0.4 is 5.32 Å². The molecule has 0 unspecified atom stereocenters. The number of hydrogen-bond donors (Lipinski definition) is 3. The molecule has 3 N–H and O–H groups in total. The number of benzene rings is 3. The lowest BCUT2D eigenvalue weighted by Crippen LogP contribution is -2.22. The Kier molecular flexibility index (Phi) is 11.2. The van der Waals surface area contributed by atoms with Crippen molar-refractivity contribution in [2.75, 3.05) is 19.7 Å². The van der Waals surface area contributed by atoms with Gasteiger partial charge in [0.1, 0.15) is 11.3 Å². The van der Waals surface area contributed by atoms with E-state index in [-0.39, 0.29) is 40.1 Å². The summed E-state index contributed by atoms with van der Waals surface area (Å²) in [6.45, 7) is 2.81. The molecule has 0 aromatic heterocycles. The second kappa shape index (κ2) is 13.6. The van der Waals surface area contributed by atoms with Gasteiger partial charge >= 0.3 is 5.97 Å². The number of phenols is 1. The van der Waals surface area contributed by atoms with Crippen molar-refractivity contribution >= 4 is 39.8 Å². The third kappa shape index (κ3) is 7.69. The molecular weight excluding hydrogens is 525 g/mol. The van der Waals surface area contributed by atoms with Crippen LogP contribution in [0.1, 0.15) is 40.9 Å². The molecule has 0 saturated carbocycles. The van der Waals surface area contributed by atoms with E-state index in [9.17, 15) is 23.4 Å². The van der Waals surface area contributed by atoms with Gasteiger partial charge in [0.15, 0.2) is 0 Å². The lowest BCUT2D eigenvalue weighted by Gasteiger charge is -2.12. The summed E-state index contributed by atoms with van der Waals surface area (Å²) in [6, 6.07) is 17.2. The lowest BCUT2D eigenvalue weighted by molar-refractivity contribution is 0.0522. The molecule has 3 aromatic carbocycles. The standard InChI is InChI=1S/C26H28ClNO6S.ClH/c1-2-34-26(31)23-16-22(12-13-24(23)29)35(32,33)21-10-8-18(9-11-21)5-4-14-28-17-25(30)19-6-3-7-20(27)15-19;/h3,6-13,15-16,25,28-30H,2,4-5,14,17H2,1H3;1H/t25-;/m1./s1. The van der Waals surface area contributed by atoms with Crippen molar-refractivity contribution < 1.29 is 28.2 Å².